The molecule has 0 bridgehead atoms. The van der Waals surface area contributed by atoms with E-state index in [0.717, 1.165) is 19.3 Å². The minimum Gasteiger partial charge on any atom is -0.481 e. The van der Waals surface area contributed by atoms with Crippen molar-refractivity contribution in [2.75, 3.05) is 0 Å². The number of carboxylic acids is 2. The molecule has 0 radical (unpaired) electrons. The van der Waals surface area contributed by atoms with Crippen molar-refractivity contribution >= 4 is 11.9 Å². The van der Waals surface area contributed by atoms with E-state index in [2.05, 4.69) is 6.92 Å². The Labute approximate surface area is 132 Å². The van der Waals surface area contributed by atoms with Gasteiger partial charge in [0.25, 0.3) is 0 Å². The summed E-state index contributed by atoms with van der Waals surface area (Å²) in [6.07, 6.45) is 13.1. The van der Waals surface area contributed by atoms with Gasteiger partial charge >= 0.3 is 11.9 Å². The van der Waals surface area contributed by atoms with E-state index in [9.17, 15) is 19.8 Å². The van der Waals surface area contributed by atoms with Crippen molar-refractivity contribution in [1.29, 1.82) is 0 Å². The van der Waals surface area contributed by atoms with Crippen LogP contribution in [0, 0.1) is 11.3 Å². The van der Waals surface area contributed by atoms with Gasteiger partial charge in [-0.05, 0) is 6.42 Å². The fourth-order valence-electron chi connectivity index (χ4n) is 3.18. The molecule has 1 rings (SSSR count). The van der Waals surface area contributed by atoms with Crippen LogP contribution in [0.3, 0.4) is 0 Å². The molecule has 0 aromatic rings. The first kappa shape index (κ1) is 18.5. The Bertz CT molecular complexity index is 450. The summed E-state index contributed by atoms with van der Waals surface area (Å²) in [5.41, 5.74) is -0.890. The van der Waals surface area contributed by atoms with E-state index in [4.69, 9.17) is 0 Å². The molecule has 0 spiro atoms. The molecule has 0 amide bonds. The quantitative estimate of drug-likeness (QED) is 0.586. The van der Waals surface area contributed by atoms with Gasteiger partial charge in [0.2, 0.25) is 0 Å². The van der Waals surface area contributed by atoms with E-state index < -0.39 is 23.3 Å². The van der Waals surface area contributed by atoms with Gasteiger partial charge in [-0.15, -0.1) is 0 Å². The molecule has 0 saturated carbocycles. The molecule has 1 aliphatic rings. The van der Waals surface area contributed by atoms with Gasteiger partial charge in [-0.25, -0.2) is 4.79 Å². The molecule has 1 aliphatic carbocycles. The smallest absolute Gasteiger partial charge is 0.331 e. The van der Waals surface area contributed by atoms with Crippen molar-refractivity contribution in [3.63, 3.8) is 0 Å². The molecule has 2 N–H and O–H groups in total. The maximum Gasteiger partial charge on any atom is 0.331 e. The SMILES string of the molecule is CCCCCCCCCC1(C(=O)O)C=CC=C(C(=O)O)C1C. The van der Waals surface area contributed by atoms with Crippen molar-refractivity contribution in [1.82, 2.24) is 0 Å². The molecule has 0 aromatic heterocycles. The summed E-state index contributed by atoms with van der Waals surface area (Å²) in [7, 11) is 0. The van der Waals surface area contributed by atoms with Gasteiger partial charge in [0.1, 0.15) is 0 Å². The first-order chi connectivity index (χ1) is 10.5. The lowest BCUT2D eigenvalue weighted by Gasteiger charge is -2.35. The van der Waals surface area contributed by atoms with Crippen LogP contribution in [0.4, 0.5) is 0 Å². The minimum atomic E-state index is -1.08. The molecule has 0 saturated heterocycles. The normalized spacial score (nSPS) is 24.1. The first-order valence-electron chi connectivity index (χ1n) is 8.31. The highest BCUT2D eigenvalue weighted by molar-refractivity contribution is 5.91. The highest BCUT2D eigenvalue weighted by Crippen LogP contribution is 2.42. The second kappa shape index (κ2) is 8.76. The number of hydrogen-bond acceptors (Lipinski definition) is 2. The summed E-state index contributed by atoms with van der Waals surface area (Å²) in [4.78, 5) is 23.0. The fraction of sp³-hybridized carbons (Fsp3) is 0.667. The van der Waals surface area contributed by atoms with Gasteiger partial charge in [0, 0.05) is 11.5 Å². The molecule has 4 heteroatoms. The third-order valence-electron chi connectivity index (χ3n) is 4.75. The zero-order valence-corrected chi connectivity index (χ0v) is 13.7. The number of carbonyl (C=O) groups is 2. The molecule has 124 valence electrons. The summed E-state index contributed by atoms with van der Waals surface area (Å²) in [5, 5.41) is 18.9. The average molecular weight is 308 g/mol. The van der Waals surface area contributed by atoms with E-state index >= 15 is 0 Å². The number of carboxylic acid groups (broad SMARTS) is 2. The van der Waals surface area contributed by atoms with Crippen LogP contribution in [-0.2, 0) is 9.59 Å². The lowest BCUT2D eigenvalue weighted by atomic mass is 9.67. The standard InChI is InChI=1S/C18H28O4/c1-3-4-5-6-7-8-9-12-18(17(21)22)13-10-11-15(14(18)2)16(19)20/h10-11,13-14H,3-9,12H2,1-2H3,(H,19,20)(H,21,22). The Morgan fingerprint density at radius 3 is 2.23 bits per heavy atom. The van der Waals surface area contributed by atoms with Gasteiger partial charge in [-0.3, -0.25) is 4.79 Å². The Kier molecular flexibility index (Phi) is 7.36. The molecular formula is C18H28O4. The zero-order valence-electron chi connectivity index (χ0n) is 13.7. The number of allylic oxidation sites excluding steroid dienone is 2. The monoisotopic (exact) mass is 308 g/mol. The van der Waals surface area contributed by atoms with Crippen LogP contribution in [0.1, 0.15) is 65.2 Å². The Morgan fingerprint density at radius 1 is 1.09 bits per heavy atom. The Balaban J connectivity index is 2.59. The number of hydrogen-bond donors (Lipinski definition) is 2. The lowest BCUT2D eigenvalue weighted by Crippen LogP contribution is -2.39. The number of unbranched alkanes of at least 4 members (excludes halogenated alkanes) is 6. The van der Waals surface area contributed by atoms with Crippen molar-refractivity contribution < 1.29 is 19.8 Å². The van der Waals surface area contributed by atoms with Crippen LogP contribution < -0.4 is 0 Å². The van der Waals surface area contributed by atoms with Crippen LogP contribution in [0.5, 0.6) is 0 Å². The predicted octanol–water partition coefficient (Wildman–Crippen LogP) is 4.42. The van der Waals surface area contributed by atoms with E-state index in [0.29, 0.717) is 6.42 Å². The summed E-state index contributed by atoms with van der Waals surface area (Å²) in [6, 6.07) is 0. The average Bonchev–Trinajstić information content (AvgIpc) is 2.47. The molecule has 2 atom stereocenters. The third-order valence-corrected chi connectivity index (χ3v) is 4.75. The van der Waals surface area contributed by atoms with Crippen LogP contribution in [0.2, 0.25) is 0 Å². The van der Waals surface area contributed by atoms with Gasteiger partial charge in [-0.1, -0.05) is 77.0 Å². The van der Waals surface area contributed by atoms with E-state index in [1.165, 1.54) is 31.8 Å². The van der Waals surface area contributed by atoms with Gasteiger partial charge in [-0.2, -0.15) is 0 Å². The Morgan fingerprint density at radius 2 is 1.68 bits per heavy atom. The van der Waals surface area contributed by atoms with Crippen molar-refractivity contribution in [2.45, 2.75) is 65.2 Å². The molecule has 2 unspecified atom stereocenters. The van der Waals surface area contributed by atoms with Crippen molar-refractivity contribution in [2.24, 2.45) is 11.3 Å². The van der Waals surface area contributed by atoms with Crippen molar-refractivity contribution in [3.8, 4) is 0 Å². The fourth-order valence-corrected chi connectivity index (χ4v) is 3.18. The Hall–Kier alpha value is -1.58. The molecular weight excluding hydrogens is 280 g/mol. The van der Waals surface area contributed by atoms with Crippen molar-refractivity contribution in [3.05, 3.63) is 23.8 Å². The van der Waals surface area contributed by atoms with Crippen LogP contribution in [0.25, 0.3) is 0 Å². The first-order valence-corrected chi connectivity index (χ1v) is 8.31. The minimum absolute atomic E-state index is 0.188. The molecule has 0 aliphatic heterocycles. The largest absolute Gasteiger partial charge is 0.481 e. The summed E-state index contributed by atoms with van der Waals surface area (Å²) in [6.45, 7) is 3.89. The third kappa shape index (κ3) is 4.46. The summed E-state index contributed by atoms with van der Waals surface area (Å²) < 4.78 is 0. The number of rotatable bonds is 10. The second-order valence-electron chi connectivity index (χ2n) is 6.22. The topological polar surface area (TPSA) is 74.6 Å². The highest BCUT2D eigenvalue weighted by Gasteiger charge is 2.45. The van der Waals surface area contributed by atoms with Gasteiger partial charge < -0.3 is 10.2 Å². The zero-order chi connectivity index (χ0) is 16.6. The molecule has 0 aromatic carbocycles. The second-order valence-corrected chi connectivity index (χ2v) is 6.22. The van der Waals surface area contributed by atoms with Crippen LogP contribution in [-0.4, -0.2) is 22.2 Å². The molecule has 0 heterocycles. The van der Waals surface area contributed by atoms with E-state index in [1.54, 1.807) is 19.1 Å². The molecule has 4 nitrogen and oxygen atoms in total. The maximum atomic E-state index is 11.8. The van der Waals surface area contributed by atoms with Gasteiger partial charge in [0.15, 0.2) is 0 Å². The molecule has 22 heavy (non-hydrogen) atoms. The van der Waals surface area contributed by atoms with E-state index in [1.807, 2.05) is 0 Å². The summed E-state index contributed by atoms with van der Waals surface area (Å²) >= 11 is 0. The van der Waals surface area contributed by atoms with Crippen LogP contribution in [0.15, 0.2) is 23.8 Å². The highest BCUT2D eigenvalue weighted by atomic mass is 16.4. The number of aliphatic carboxylic acids is 2. The summed E-state index contributed by atoms with van der Waals surface area (Å²) in [5.74, 6) is -2.45. The molecule has 0 fully saturated rings. The van der Waals surface area contributed by atoms with Crippen LogP contribution >= 0.6 is 0 Å². The maximum absolute atomic E-state index is 11.8. The van der Waals surface area contributed by atoms with E-state index in [-0.39, 0.29) is 5.57 Å². The van der Waals surface area contributed by atoms with Gasteiger partial charge in [0.05, 0.1) is 5.41 Å². The predicted molar refractivity (Wildman–Crippen MR) is 86.7 cm³/mol. The lowest BCUT2D eigenvalue weighted by molar-refractivity contribution is -0.149.